The predicted octanol–water partition coefficient (Wildman–Crippen LogP) is 2.46. The van der Waals surface area contributed by atoms with E-state index >= 15 is 0 Å². The molecular formula is C16H23NO5S. The Balaban J connectivity index is 1.97. The minimum atomic E-state index is -3.41. The highest BCUT2D eigenvalue weighted by Crippen LogP contribution is 2.25. The maximum absolute atomic E-state index is 12.1. The van der Waals surface area contributed by atoms with E-state index in [9.17, 15) is 13.2 Å². The van der Waals surface area contributed by atoms with Gasteiger partial charge in [0.15, 0.2) is 0 Å². The lowest BCUT2D eigenvalue weighted by Crippen LogP contribution is -2.33. The van der Waals surface area contributed by atoms with Gasteiger partial charge in [-0.3, -0.25) is 9.08 Å². The van der Waals surface area contributed by atoms with Gasteiger partial charge in [-0.25, -0.2) is 4.79 Å². The Hall–Kier alpha value is -1.60. The first-order valence-electron chi connectivity index (χ1n) is 7.46. The average Bonchev–Trinajstić information content (AvgIpc) is 2.78. The Morgan fingerprint density at radius 1 is 1.22 bits per heavy atom. The van der Waals surface area contributed by atoms with Crippen molar-refractivity contribution in [3.63, 3.8) is 0 Å². The topological polar surface area (TPSA) is 72.9 Å². The zero-order valence-electron chi connectivity index (χ0n) is 14.0. The minimum absolute atomic E-state index is 0.118. The number of hydrogen-bond acceptors (Lipinski definition) is 5. The third-order valence-corrected chi connectivity index (χ3v) is 3.93. The fourth-order valence-corrected chi connectivity index (χ4v) is 2.76. The Bertz CT molecular complexity index is 691. The number of ether oxygens (including phenoxy) is 1. The molecule has 0 fully saturated rings. The Labute approximate surface area is 137 Å². The van der Waals surface area contributed by atoms with E-state index in [1.165, 1.54) is 0 Å². The van der Waals surface area contributed by atoms with E-state index in [4.69, 9.17) is 8.92 Å². The molecule has 1 amide bonds. The molecule has 0 aliphatic carbocycles. The zero-order valence-corrected chi connectivity index (χ0v) is 14.8. The molecule has 6 nitrogen and oxygen atoms in total. The van der Waals surface area contributed by atoms with Gasteiger partial charge in [0.05, 0.1) is 12.9 Å². The molecule has 128 valence electrons. The molecule has 0 radical (unpaired) electrons. The number of carbonyl (C=O) groups excluding carboxylic acids is 1. The smallest absolute Gasteiger partial charge is 0.410 e. The highest BCUT2D eigenvalue weighted by Gasteiger charge is 2.27. The SMILES string of the molecule is CC(C)(C)OC(=O)N1Cc2ccc(CCOS(C)(=O)=O)cc2C1. The van der Waals surface area contributed by atoms with Gasteiger partial charge < -0.3 is 4.74 Å². The first kappa shape index (κ1) is 17.7. The Morgan fingerprint density at radius 3 is 2.48 bits per heavy atom. The van der Waals surface area contributed by atoms with Crippen LogP contribution in [0.4, 0.5) is 4.79 Å². The largest absolute Gasteiger partial charge is 0.444 e. The lowest BCUT2D eigenvalue weighted by molar-refractivity contribution is 0.0242. The molecule has 7 heteroatoms. The lowest BCUT2D eigenvalue weighted by atomic mass is 10.0. The molecule has 2 rings (SSSR count). The monoisotopic (exact) mass is 341 g/mol. The van der Waals surface area contributed by atoms with Gasteiger partial charge in [0.25, 0.3) is 10.1 Å². The molecule has 0 atom stereocenters. The average molecular weight is 341 g/mol. The van der Waals surface area contributed by atoms with Gasteiger partial charge in [0.2, 0.25) is 0 Å². The molecule has 1 aromatic rings. The van der Waals surface area contributed by atoms with Gasteiger partial charge in [-0.1, -0.05) is 18.2 Å². The zero-order chi connectivity index (χ0) is 17.3. The summed E-state index contributed by atoms with van der Waals surface area (Å²) in [5.74, 6) is 0. The second kappa shape index (κ2) is 6.49. The summed E-state index contributed by atoms with van der Waals surface area (Å²) < 4.78 is 32.1. The Kier molecular flexibility index (Phi) is 5.01. The quantitative estimate of drug-likeness (QED) is 0.787. The van der Waals surface area contributed by atoms with Crippen LogP contribution in [-0.4, -0.2) is 37.9 Å². The summed E-state index contributed by atoms with van der Waals surface area (Å²) >= 11 is 0. The maximum Gasteiger partial charge on any atom is 0.410 e. The van der Waals surface area contributed by atoms with Crippen molar-refractivity contribution in [2.45, 2.75) is 45.9 Å². The summed E-state index contributed by atoms with van der Waals surface area (Å²) in [5, 5.41) is 0. The van der Waals surface area contributed by atoms with E-state index in [-0.39, 0.29) is 12.7 Å². The van der Waals surface area contributed by atoms with Gasteiger partial charge in [-0.15, -0.1) is 0 Å². The number of carbonyl (C=O) groups is 1. The van der Waals surface area contributed by atoms with Crippen LogP contribution in [0, 0.1) is 0 Å². The number of benzene rings is 1. The summed E-state index contributed by atoms with van der Waals surface area (Å²) in [4.78, 5) is 13.8. The summed E-state index contributed by atoms with van der Waals surface area (Å²) in [6.45, 7) is 6.68. The third kappa shape index (κ3) is 5.51. The van der Waals surface area contributed by atoms with E-state index in [1.54, 1.807) is 4.90 Å². The second-order valence-electron chi connectivity index (χ2n) is 6.72. The molecule has 1 heterocycles. The normalized spacial score (nSPS) is 14.7. The van der Waals surface area contributed by atoms with Crippen molar-refractivity contribution in [2.75, 3.05) is 12.9 Å². The van der Waals surface area contributed by atoms with Crippen molar-refractivity contribution in [1.82, 2.24) is 4.90 Å². The molecule has 1 aliphatic rings. The number of amides is 1. The second-order valence-corrected chi connectivity index (χ2v) is 8.36. The number of nitrogens with zero attached hydrogens (tertiary/aromatic N) is 1. The number of hydrogen-bond donors (Lipinski definition) is 0. The lowest BCUT2D eigenvalue weighted by Gasteiger charge is -2.24. The van der Waals surface area contributed by atoms with E-state index in [0.717, 1.165) is 22.9 Å². The summed E-state index contributed by atoms with van der Waals surface area (Å²) in [7, 11) is -3.41. The van der Waals surface area contributed by atoms with Gasteiger partial charge in [0, 0.05) is 13.1 Å². The van der Waals surface area contributed by atoms with E-state index in [0.29, 0.717) is 19.5 Å². The van der Waals surface area contributed by atoms with Crippen LogP contribution in [0.1, 0.15) is 37.5 Å². The first-order chi connectivity index (χ1) is 10.5. The molecule has 1 aromatic carbocycles. The van der Waals surface area contributed by atoms with Gasteiger partial charge in [-0.2, -0.15) is 8.42 Å². The van der Waals surface area contributed by atoms with E-state index in [2.05, 4.69) is 0 Å². The fraction of sp³-hybridized carbons (Fsp3) is 0.562. The summed E-state index contributed by atoms with van der Waals surface area (Å²) in [5.41, 5.74) is 2.62. The molecule has 0 aromatic heterocycles. The van der Waals surface area contributed by atoms with Crippen molar-refractivity contribution < 1.29 is 22.1 Å². The van der Waals surface area contributed by atoms with Crippen LogP contribution >= 0.6 is 0 Å². The molecule has 0 spiro atoms. The Morgan fingerprint density at radius 2 is 1.87 bits per heavy atom. The fourth-order valence-electron chi connectivity index (χ4n) is 2.37. The van der Waals surface area contributed by atoms with Crippen molar-refractivity contribution in [2.24, 2.45) is 0 Å². The van der Waals surface area contributed by atoms with Crippen LogP contribution in [-0.2, 0) is 38.5 Å². The van der Waals surface area contributed by atoms with Crippen molar-refractivity contribution >= 4 is 16.2 Å². The molecule has 0 N–H and O–H groups in total. The molecule has 0 bridgehead atoms. The van der Waals surface area contributed by atoms with Crippen molar-refractivity contribution in [3.05, 3.63) is 34.9 Å². The molecule has 23 heavy (non-hydrogen) atoms. The van der Waals surface area contributed by atoms with E-state index in [1.807, 2.05) is 39.0 Å². The predicted molar refractivity (Wildman–Crippen MR) is 86.4 cm³/mol. The molecule has 0 unspecified atom stereocenters. The highest BCUT2D eigenvalue weighted by molar-refractivity contribution is 7.85. The number of rotatable bonds is 4. The van der Waals surface area contributed by atoms with Crippen LogP contribution in [0.15, 0.2) is 18.2 Å². The van der Waals surface area contributed by atoms with Gasteiger partial charge in [-0.05, 0) is 43.9 Å². The molecular weight excluding hydrogens is 318 g/mol. The van der Waals surface area contributed by atoms with Crippen molar-refractivity contribution in [3.8, 4) is 0 Å². The van der Waals surface area contributed by atoms with Crippen molar-refractivity contribution in [1.29, 1.82) is 0 Å². The number of fused-ring (bicyclic) bond motifs is 1. The maximum atomic E-state index is 12.1. The van der Waals surface area contributed by atoms with Crippen LogP contribution in [0.5, 0.6) is 0 Å². The van der Waals surface area contributed by atoms with Crippen LogP contribution in [0.2, 0.25) is 0 Å². The third-order valence-electron chi connectivity index (χ3n) is 3.33. The van der Waals surface area contributed by atoms with Crippen LogP contribution < -0.4 is 0 Å². The molecule has 0 saturated carbocycles. The summed E-state index contributed by atoms with van der Waals surface area (Å²) in [6, 6.07) is 5.89. The molecule has 1 aliphatic heterocycles. The standard InChI is InChI=1S/C16H23NO5S/c1-16(2,3)22-15(18)17-10-13-6-5-12(9-14(13)11-17)7-8-21-23(4,19)20/h5-6,9H,7-8,10-11H2,1-4H3. The van der Waals surface area contributed by atoms with E-state index < -0.39 is 15.7 Å². The highest BCUT2D eigenvalue weighted by atomic mass is 32.2. The van der Waals surface area contributed by atoms with Crippen LogP contribution in [0.3, 0.4) is 0 Å². The van der Waals surface area contributed by atoms with Crippen LogP contribution in [0.25, 0.3) is 0 Å². The minimum Gasteiger partial charge on any atom is -0.444 e. The summed E-state index contributed by atoms with van der Waals surface area (Å²) in [6.07, 6.45) is 1.22. The molecule has 0 saturated heterocycles. The van der Waals surface area contributed by atoms with Gasteiger partial charge in [0.1, 0.15) is 5.60 Å². The van der Waals surface area contributed by atoms with Gasteiger partial charge >= 0.3 is 6.09 Å². The first-order valence-corrected chi connectivity index (χ1v) is 9.28.